The Hall–Kier alpha value is -1.47. The highest BCUT2D eigenvalue weighted by molar-refractivity contribution is 7.91. The van der Waals surface area contributed by atoms with Crippen LogP contribution in [0.3, 0.4) is 0 Å². The van der Waals surface area contributed by atoms with Gasteiger partial charge in [-0.05, 0) is 19.9 Å². The summed E-state index contributed by atoms with van der Waals surface area (Å²) in [6.07, 6.45) is -0.463. The minimum absolute atomic E-state index is 0.0521. The third-order valence-electron chi connectivity index (χ3n) is 2.59. The third-order valence-corrected chi connectivity index (χ3v) is 4.47. The summed E-state index contributed by atoms with van der Waals surface area (Å²) in [5, 5.41) is 10.8. The van der Waals surface area contributed by atoms with Gasteiger partial charge in [-0.3, -0.25) is 10.1 Å². The van der Waals surface area contributed by atoms with E-state index in [1.807, 2.05) is 0 Å². The zero-order valence-corrected chi connectivity index (χ0v) is 11.2. The van der Waals surface area contributed by atoms with E-state index in [2.05, 4.69) is 0 Å². The van der Waals surface area contributed by atoms with Crippen LogP contribution in [0.5, 0.6) is 0 Å². The summed E-state index contributed by atoms with van der Waals surface area (Å²) in [6.45, 7) is 3.19. The molecular formula is C11H15NO5S. The van der Waals surface area contributed by atoms with Crippen LogP contribution in [0.2, 0.25) is 0 Å². The van der Waals surface area contributed by atoms with Gasteiger partial charge in [-0.1, -0.05) is 6.07 Å². The molecule has 0 saturated carbocycles. The third kappa shape index (κ3) is 3.27. The molecule has 7 heteroatoms. The second-order valence-electron chi connectivity index (χ2n) is 4.03. The standard InChI is InChI=1S/C11H15NO5S/c1-8-4-5-10(6-11(8)12(13)14)18(15,16)7-9(2)17-3/h4-6,9H,7H2,1-3H3/t9-/m1/s1. The second kappa shape index (κ2) is 5.45. The molecule has 0 fully saturated rings. The lowest BCUT2D eigenvalue weighted by Gasteiger charge is -2.10. The molecule has 0 aromatic heterocycles. The van der Waals surface area contributed by atoms with Crippen molar-refractivity contribution < 1.29 is 18.1 Å². The van der Waals surface area contributed by atoms with E-state index >= 15 is 0 Å². The molecule has 0 aliphatic carbocycles. The van der Waals surface area contributed by atoms with E-state index in [0.29, 0.717) is 5.56 Å². The summed E-state index contributed by atoms with van der Waals surface area (Å²) in [7, 11) is -2.16. The number of rotatable bonds is 5. The van der Waals surface area contributed by atoms with E-state index in [1.165, 1.54) is 19.2 Å². The van der Waals surface area contributed by atoms with Crippen LogP contribution in [0.1, 0.15) is 12.5 Å². The monoisotopic (exact) mass is 273 g/mol. The average molecular weight is 273 g/mol. The van der Waals surface area contributed by atoms with Crippen molar-refractivity contribution in [3.8, 4) is 0 Å². The van der Waals surface area contributed by atoms with Crippen molar-refractivity contribution in [2.75, 3.05) is 12.9 Å². The van der Waals surface area contributed by atoms with E-state index < -0.39 is 20.9 Å². The highest BCUT2D eigenvalue weighted by Crippen LogP contribution is 2.23. The van der Waals surface area contributed by atoms with Crippen molar-refractivity contribution in [1.82, 2.24) is 0 Å². The molecule has 1 aromatic carbocycles. The first-order chi connectivity index (χ1) is 8.27. The fourth-order valence-corrected chi connectivity index (χ4v) is 2.97. The van der Waals surface area contributed by atoms with Gasteiger partial charge in [-0.25, -0.2) is 8.42 Å². The normalized spacial score (nSPS) is 13.3. The Morgan fingerprint density at radius 3 is 2.56 bits per heavy atom. The molecule has 0 radical (unpaired) electrons. The van der Waals surface area contributed by atoms with E-state index in [4.69, 9.17) is 4.74 Å². The van der Waals surface area contributed by atoms with Gasteiger partial charge in [-0.15, -0.1) is 0 Å². The Kier molecular flexibility index (Phi) is 4.42. The number of aryl methyl sites for hydroxylation is 1. The van der Waals surface area contributed by atoms with Gasteiger partial charge in [-0.2, -0.15) is 0 Å². The smallest absolute Gasteiger partial charge is 0.273 e. The van der Waals surface area contributed by atoms with Crippen molar-refractivity contribution in [3.05, 3.63) is 33.9 Å². The van der Waals surface area contributed by atoms with E-state index in [-0.39, 0.29) is 16.3 Å². The molecule has 0 spiro atoms. The molecule has 0 unspecified atom stereocenters. The van der Waals surface area contributed by atoms with Crippen molar-refractivity contribution in [3.63, 3.8) is 0 Å². The van der Waals surface area contributed by atoms with Crippen molar-refractivity contribution in [2.45, 2.75) is 24.8 Å². The van der Waals surface area contributed by atoms with Gasteiger partial charge >= 0.3 is 0 Å². The van der Waals surface area contributed by atoms with Crippen LogP contribution in [-0.2, 0) is 14.6 Å². The predicted molar refractivity (Wildman–Crippen MR) is 66.4 cm³/mol. The van der Waals surface area contributed by atoms with Gasteiger partial charge in [0.15, 0.2) is 9.84 Å². The first-order valence-corrected chi connectivity index (χ1v) is 6.93. The minimum Gasteiger partial charge on any atom is -0.381 e. The summed E-state index contributed by atoms with van der Waals surface area (Å²) >= 11 is 0. The Labute approximate surface area is 106 Å². The number of ether oxygens (including phenoxy) is 1. The molecule has 0 aliphatic rings. The molecule has 0 saturated heterocycles. The summed E-state index contributed by atoms with van der Waals surface area (Å²) in [4.78, 5) is 10.1. The maximum absolute atomic E-state index is 12.0. The maximum atomic E-state index is 12.0. The Balaban J connectivity index is 3.18. The number of hydrogen-bond acceptors (Lipinski definition) is 5. The van der Waals surface area contributed by atoms with Gasteiger partial charge in [0, 0.05) is 18.7 Å². The fourth-order valence-electron chi connectivity index (χ4n) is 1.45. The summed E-state index contributed by atoms with van der Waals surface area (Å²) in [5.41, 5.74) is 0.236. The van der Waals surface area contributed by atoms with Crippen LogP contribution >= 0.6 is 0 Å². The molecule has 0 N–H and O–H groups in total. The first kappa shape index (κ1) is 14.6. The van der Waals surface area contributed by atoms with E-state index in [1.54, 1.807) is 13.8 Å². The maximum Gasteiger partial charge on any atom is 0.273 e. The summed E-state index contributed by atoms with van der Waals surface area (Å²) in [5.74, 6) is -0.205. The first-order valence-electron chi connectivity index (χ1n) is 5.28. The van der Waals surface area contributed by atoms with Crippen LogP contribution in [0, 0.1) is 17.0 Å². The molecule has 0 amide bonds. The Bertz CT molecular complexity index is 553. The van der Waals surface area contributed by atoms with Crippen LogP contribution in [0.4, 0.5) is 5.69 Å². The highest BCUT2D eigenvalue weighted by Gasteiger charge is 2.22. The van der Waals surface area contributed by atoms with Crippen LogP contribution in [0.15, 0.2) is 23.1 Å². The summed E-state index contributed by atoms with van der Waals surface area (Å²) < 4.78 is 28.9. The molecule has 0 aliphatic heterocycles. The Morgan fingerprint density at radius 1 is 1.44 bits per heavy atom. The molecule has 1 atom stereocenters. The van der Waals surface area contributed by atoms with Gasteiger partial charge in [0.25, 0.3) is 5.69 Å². The van der Waals surface area contributed by atoms with Crippen LogP contribution in [0.25, 0.3) is 0 Å². The highest BCUT2D eigenvalue weighted by atomic mass is 32.2. The lowest BCUT2D eigenvalue weighted by molar-refractivity contribution is -0.385. The van der Waals surface area contributed by atoms with Gasteiger partial charge < -0.3 is 4.74 Å². The lowest BCUT2D eigenvalue weighted by atomic mass is 10.2. The molecule has 6 nitrogen and oxygen atoms in total. The number of hydrogen-bond donors (Lipinski definition) is 0. The number of methoxy groups -OCH3 is 1. The zero-order valence-electron chi connectivity index (χ0n) is 10.4. The predicted octanol–water partition coefficient (Wildman–Crippen LogP) is 1.71. The van der Waals surface area contributed by atoms with Gasteiger partial charge in [0.1, 0.15) is 0 Å². The van der Waals surface area contributed by atoms with Crippen molar-refractivity contribution in [1.29, 1.82) is 0 Å². The van der Waals surface area contributed by atoms with E-state index in [0.717, 1.165) is 6.07 Å². The summed E-state index contributed by atoms with van der Waals surface area (Å²) in [6, 6.07) is 3.90. The topological polar surface area (TPSA) is 86.5 Å². The lowest BCUT2D eigenvalue weighted by Crippen LogP contribution is -2.20. The molecule has 1 rings (SSSR count). The number of nitrogens with zero attached hydrogens (tertiary/aromatic N) is 1. The second-order valence-corrected chi connectivity index (χ2v) is 6.07. The fraction of sp³-hybridized carbons (Fsp3) is 0.455. The molecule has 0 heterocycles. The van der Waals surface area contributed by atoms with E-state index in [9.17, 15) is 18.5 Å². The molecule has 1 aromatic rings. The Morgan fingerprint density at radius 2 is 2.06 bits per heavy atom. The van der Waals surface area contributed by atoms with Crippen molar-refractivity contribution in [2.24, 2.45) is 0 Å². The number of nitro groups is 1. The average Bonchev–Trinajstić information content (AvgIpc) is 2.28. The molecule has 18 heavy (non-hydrogen) atoms. The quantitative estimate of drug-likeness (QED) is 0.602. The number of nitro benzene ring substituents is 1. The zero-order chi connectivity index (χ0) is 13.9. The number of sulfone groups is 1. The van der Waals surface area contributed by atoms with Gasteiger partial charge in [0.05, 0.1) is 21.7 Å². The largest absolute Gasteiger partial charge is 0.381 e. The molecular weight excluding hydrogens is 258 g/mol. The van der Waals surface area contributed by atoms with Crippen molar-refractivity contribution >= 4 is 15.5 Å². The number of benzene rings is 1. The van der Waals surface area contributed by atoms with Crippen LogP contribution < -0.4 is 0 Å². The minimum atomic E-state index is -3.57. The molecule has 0 bridgehead atoms. The molecule has 100 valence electrons. The van der Waals surface area contributed by atoms with Crippen LogP contribution in [-0.4, -0.2) is 32.3 Å². The SMILES string of the molecule is CO[C@H](C)CS(=O)(=O)c1ccc(C)c([N+](=O)[O-])c1. The van der Waals surface area contributed by atoms with Gasteiger partial charge in [0.2, 0.25) is 0 Å².